The summed E-state index contributed by atoms with van der Waals surface area (Å²) < 4.78 is 22.9. The van der Waals surface area contributed by atoms with Crippen LogP contribution >= 0.6 is 0 Å². The lowest BCUT2D eigenvalue weighted by atomic mass is 10.1. The highest BCUT2D eigenvalue weighted by molar-refractivity contribution is 7.90. The zero-order valence-corrected chi connectivity index (χ0v) is 12.5. The molecule has 1 aliphatic heterocycles. The quantitative estimate of drug-likeness (QED) is 0.875. The first kappa shape index (κ1) is 13.8. The standard InChI is InChI=1S/C16H16N2O2S/c1-21(19,20)15-9-7-13(8-10-15)16-11-12-18(17-16)14-5-3-2-4-6-14/h2-10H,11-12H2,1H3. The Kier molecular flexibility index (Phi) is 3.51. The smallest absolute Gasteiger partial charge is 0.175 e. The molecule has 0 saturated carbocycles. The summed E-state index contributed by atoms with van der Waals surface area (Å²) in [5.74, 6) is 0. The maximum atomic E-state index is 11.5. The van der Waals surface area contributed by atoms with Crippen molar-refractivity contribution in [1.82, 2.24) is 0 Å². The summed E-state index contributed by atoms with van der Waals surface area (Å²) in [5, 5.41) is 6.59. The van der Waals surface area contributed by atoms with Gasteiger partial charge in [0.15, 0.2) is 9.84 Å². The molecule has 3 rings (SSSR count). The average molecular weight is 300 g/mol. The van der Waals surface area contributed by atoms with Gasteiger partial charge in [-0.05, 0) is 29.8 Å². The number of hydrogen-bond donors (Lipinski definition) is 0. The Hall–Kier alpha value is -2.14. The molecule has 2 aromatic rings. The zero-order valence-electron chi connectivity index (χ0n) is 11.7. The van der Waals surface area contributed by atoms with Crippen LogP contribution in [0.2, 0.25) is 0 Å². The predicted molar refractivity (Wildman–Crippen MR) is 84.5 cm³/mol. The van der Waals surface area contributed by atoms with Gasteiger partial charge in [0, 0.05) is 19.2 Å². The Morgan fingerprint density at radius 3 is 2.29 bits per heavy atom. The van der Waals surface area contributed by atoms with Gasteiger partial charge in [0.05, 0.1) is 16.3 Å². The van der Waals surface area contributed by atoms with Crippen LogP contribution in [0.25, 0.3) is 0 Å². The molecule has 0 fully saturated rings. The van der Waals surface area contributed by atoms with Gasteiger partial charge in [0.25, 0.3) is 0 Å². The minimum absolute atomic E-state index is 0.338. The molecule has 0 N–H and O–H groups in total. The first-order chi connectivity index (χ1) is 10.0. The number of rotatable bonds is 3. The Labute approximate surface area is 124 Å². The molecule has 0 radical (unpaired) electrons. The Morgan fingerprint density at radius 1 is 1.00 bits per heavy atom. The van der Waals surface area contributed by atoms with E-state index in [1.807, 2.05) is 47.5 Å². The Morgan fingerprint density at radius 2 is 1.67 bits per heavy atom. The van der Waals surface area contributed by atoms with Crippen molar-refractivity contribution in [3.05, 3.63) is 60.2 Å². The molecule has 21 heavy (non-hydrogen) atoms. The van der Waals surface area contributed by atoms with Crippen LogP contribution in [0.5, 0.6) is 0 Å². The number of hydrazone groups is 1. The van der Waals surface area contributed by atoms with E-state index >= 15 is 0 Å². The second-order valence-electron chi connectivity index (χ2n) is 5.05. The molecule has 0 bridgehead atoms. The summed E-state index contributed by atoms with van der Waals surface area (Å²) in [7, 11) is -3.15. The third-order valence-electron chi connectivity index (χ3n) is 3.47. The molecule has 0 aliphatic carbocycles. The van der Waals surface area contributed by atoms with Gasteiger partial charge < -0.3 is 0 Å². The minimum Gasteiger partial charge on any atom is -0.265 e. The van der Waals surface area contributed by atoms with Gasteiger partial charge in [0.2, 0.25) is 0 Å². The summed E-state index contributed by atoms with van der Waals surface area (Å²) in [6.45, 7) is 0.840. The molecular weight excluding hydrogens is 284 g/mol. The highest BCUT2D eigenvalue weighted by atomic mass is 32.2. The predicted octanol–water partition coefficient (Wildman–Crippen LogP) is 2.70. The van der Waals surface area contributed by atoms with E-state index in [-0.39, 0.29) is 0 Å². The van der Waals surface area contributed by atoms with Crippen molar-refractivity contribution in [1.29, 1.82) is 0 Å². The van der Waals surface area contributed by atoms with Crippen LogP contribution in [-0.4, -0.2) is 26.9 Å². The molecule has 0 unspecified atom stereocenters. The topological polar surface area (TPSA) is 49.7 Å². The van der Waals surface area contributed by atoms with E-state index in [1.165, 1.54) is 6.26 Å². The van der Waals surface area contributed by atoms with Crippen molar-refractivity contribution < 1.29 is 8.42 Å². The van der Waals surface area contributed by atoms with Gasteiger partial charge in [-0.3, -0.25) is 5.01 Å². The highest BCUT2D eigenvalue weighted by Gasteiger charge is 2.17. The van der Waals surface area contributed by atoms with Crippen LogP contribution < -0.4 is 5.01 Å². The van der Waals surface area contributed by atoms with Crippen molar-refractivity contribution in [2.75, 3.05) is 17.8 Å². The van der Waals surface area contributed by atoms with Crippen molar-refractivity contribution in [3.8, 4) is 0 Å². The van der Waals surface area contributed by atoms with E-state index in [2.05, 4.69) is 5.10 Å². The lowest BCUT2D eigenvalue weighted by Crippen LogP contribution is -2.11. The van der Waals surface area contributed by atoms with E-state index in [0.717, 1.165) is 29.9 Å². The lowest BCUT2D eigenvalue weighted by Gasteiger charge is -2.12. The largest absolute Gasteiger partial charge is 0.265 e. The van der Waals surface area contributed by atoms with Crippen LogP contribution in [-0.2, 0) is 9.84 Å². The van der Waals surface area contributed by atoms with Gasteiger partial charge >= 0.3 is 0 Å². The van der Waals surface area contributed by atoms with Crippen LogP contribution in [0, 0.1) is 0 Å². The monoisotopic (exact) mass is 300 g/mol. The second-order valence-corrected chi connectivity index (χ2v) is 7.07. The summed E-state index contributed by atoms with van der Waals surface area (Å²) in [4.78, 5) is 0.338. The molecule has 108 valence electrons. The maximum Gasteiger partial charge on any atom is 0.175 e. The molecule has 0 atom stereocenters. The first-order valence-corrected chi connectivity index (χ1v) is 8.64. The van der Waals surface area contributed by atoms with Crippen LogP contribution in [0.3, 0.4) is 0 Å². The molecule has 0 saturated heterocycles. The fourth-order valence-corrected chi connectivity index (χ4v) is 2.97. The summed E-state index contributed by atoms with van der Waals surface area (Å²) >= 11 is 0. The molecule has 0 amide bonds. The first-order valence-electron chi connectivity index (χ1n) is 6.74. The molecule has 1 heterocycles. The van der Waals surface area contributed by atoms with Crippen LogP contribution in [0.15, 0.2) is 64.6 Å². The third kappa shape index (κ3) is 2.97. The fourth-order valence-electron chi connectivity index (χ4n) is 2.34. The molecule has 5 heteroatoms. The van der Waals surface area contributed by atoms with Crippen molar-refractivity contribution in [3.63, 3.8) is 0 Å². The maximum absolute atomic E-state index is 11.5. The van der Waals surface area contributed by atoms with Crippen molar-refractivity contribution >= 4 is 21.2 Å². The molecule has 1 aliphatic rings. The van der Waals surface area contributed by atoms with E-state index in [0.29, 0.717) is 4.90 Å². The number of anilines is 1. The number of benzene rings is 2. The van der Waals surface area contributed by atoms with E-state index in [1.54, 1.807) is 12.1 Å². The number of para-hydroxylation sites is 1. The number of sulfone groups is 1. The molecule has 4 nitrogen and oxygen atoms in total. The molecule has 0 spiro atoms. The minimum atomic E-state index is -3.15. The zero-order chi connectivity index (χ0) is 14.9. The Balaban J connectivity index is 1.85. The number of nitrogens with zero attached hydrogens (tertiary/aromatic N) is 2. The summed E-state index contributed by atoms with van der Waals surface area (Å²) in [5.41, 5.74) is 3.03. The summed E-state index contributed by atoms with van der Waals surface area (Å²) in [6, 6.07) is 16.9. The molecular formula is C16H16N2O2S. The van der Waals surface area contributed by atoms with Crippen molar-refractivity contribution in [2.24, 2.45) is 5.10 Å². The lowest BCUT2D eigenvalue weighted by molar-refractivity contribution is 0.602. The van der Waals surface area contributed by atoms with E-state index in [4.69, 9.17) is 0 Å². The number of hydrogen-bond acceptors (Lipinski definition) is 4. The normalized spacial score (nSPS) is 15.1. The highest BCUT2D eigenvalue weighted by Crippen LogP contribution is 2.22. The SMILES string of the molecule is CS(=O)(=O)c1ccc(C2=NN(c3ccccc3)CC2)cc1. The van der Waals surface area contributed by atoms with Gasteiger partial charge in [-0.1, -0.05) is 30.3 Å². The van der Waals surface area contributed by atoms with Gasteiger partial charge in [-0.15, -0.1) is 0 Å². The van der Waals surface area contributed by atoms with Crippen molar-refractivity contribution in [2.45, 2.75) is 11.3 Å². The van der Waals surface area contributed by atoms with Gasteiger partial charge in [-0.2, -0.15) is 5.10 Å². The molecule has 0 aromatic heterocycles. The summed E-state index contributed by atoms with van der Waals surface area (Å²) in [6.07, 6.45) is 2.07. The molecule has 2 aromatic carbocycles. The van der Waals surface area contributed by atoms with E-state index < -0.39 is 9.84 Å². The van der Waals surface area contributed by atoms with Gasteiger partial charge in [-0.25, -0.2) is 8.42 Å². The second kappa shape index (κ2) is 5.33. The average Bonchev–Trinajstić information content (AvgIpc) is 2.97. The van der Waals surface area contributed by atoms with Crippen LogP contribution in [0.4, 0.5) is 5.69 Å². The van der Waals surface area contributed by atoms with Crippen LogP contribution in [0.1, 0.15) is 12.0 Å². The fraction of sp³-hybridized carbons (Fsp3) is 0.188. The van der Waals surface area contributed by atoms with E-state index in [9.17, 15) is 8.42 Å². The third-order valence-corrected chi connectivity index (χ3v) is 4.60. The Bertz CT molecular complexity index is 766. The van der Waals surface area contributed by atoms with Gasteiger partial charge in [0.1, 0.15) is 0 Å².